The highest BCUT2D eigenvalue weighted by Crippen LogP contribution is 2.31. The highest BCUT2D eigenvalue weighted by Gasteiger charge is 2.36. The Hall–Kier alpha value is -3.56. The van der Waals surface area contributed by atoms with Crippen molar-refractivity contribution < 1.29 is 18.0 Å². The molecule has 246 valence electrons. The maximum absolute atomic E-state index is 14.7. The minimum absolute atomic E-state index is 0.00380. The Morgan fingerprint density at radius 3 is 2.09 bits per heavy atom. The van der Waals surface area contributed by atoms with Crippen molar-refractivity contribution in [2.75, 3.05) is 10.8 Å². The Morgan fingerprint density at radius 2 is 1.43 bits per heavy atom. The molecule has 0 aliphatic heterocycles. The van der Waals surface area contributed by atoms with Crippen molar-refractivity contribution in [3.8, 4) is 0 Å². The molecule has 5 rings (SSSR count). The second-order valence-electron chi connectivity index (χ2n) is 11.6. The number of carbonyl (C=O) groups excluding carboxylic acids is 2. The van der Waals surface area contributed by atoms with Gasteiger partial charge < -0.3 is 10.2 Å². The Kier molecular flexibility index (Phi) is 11.9. The maximum Gasteiger partial charge on any atom is 0.264 e. The van der Waals surface area contributed by atoms with Gasteiger partial charge >= 0.3 is 0 Å². The molecule has 11 heteroatoms. The number of benzene rings is 4. The first-order chi connectivity index (χ1) is 22.6. The van der Waals surface area contributed by atoms with Crippen LogP contribution in [0.25, 0.3) is 0 Å². The average Bonchev–Trinajstić information content (AvgIpc) is 3.07. The van der Waals surface area contributed by atoms with Crippen LogP contribution in [0.4, 0.5) is 5.69 Å². The number of nitrogens with zero attached hydrogens (tertiary/aromatic N) is 2. The van der Waals surface area contributed by atoms with Crippen molar-refractivity contribution in [3.05, 3.63) is 129 Å². The number of nitrogens with one attached hydrogen (secondary N) is 1. The fourth-order valence-corrected chi connectivity index (χ4v) is 8.03. The summed E-state index contributed by atoms with van der Waals surface area (Å²) < 4.78 is 29.3. The minimum atomic E-state index is -4.26. The Labute approximate surface area is 291 Å². The van der Waals surface area contributed by atoms with Crippen LogP contribution in [0.2, 0.25) is 15.1 Å². The fourth-order valence-electron chi connectivity index (χ4n) is 5.82. The Bertz CT molecular complexity index is 1790. The predicted octanol–water partition coefficient (Wildman–Crippen LogP) is 7.93. The van der Waals surface area contributed by atoms with Crippen LogP contribution in [0, 0.1) is 0 Å². The van der Waals surface area contributed by atoms with E-state index in [-0.39, 0.29) is 40.5 Å². The van der Waals surface area contributed by atoms with Gasteiger partial charge in [0.2, 0.25) is 11.8 Å². The van der Waals surface area contributed by atoms with Gasteiger partial charge in [-0.1, -0.05) is 121 Å². The second kappa shape index (κ2) is 16.0. The van der Waals surface area contributed by atoms with Gasteiger partial charge in [-0.15, -0.1) is 0 Å². The SMILES string of the molecule is O=C(NC1CCCCC1)C(Cc1ccccc1)N(Cc1ccc(Cl)cc1Cl)C(=O)CN(c1ccccc1Cl)S(=O)(=O)c1ccccc1. The summed E-state index contributed by atoms with van der Waals surface area (Å²) in [6, 6.07) is 27.7. The summed E-state index contributed by atoms with van der Waals surface area (Å²) in [6.07, 6.45) is 5.07. The molecule has 1 N–H and O–H groups in total. The zero-order valence-corrected chi connectivity index (χ0v) is 28.8. The first-order valence-corrected chi connectivity index (χ1v) is 18.1. The van der Waals surface area contributed by atoms with Gasteiger partial charge in [-0.2, -0.15) is 0 Å². The van der Waals surface area contributed by atoms with E-state index in [9.17, 15) is 18.0 Å². The number of hydrogen-bond acceptors (Lipinski definition) is 4. The molecule has 1 unspecified atom stereocenters. The van der Waals surface area contributed by atoms with E-state index < -0.39 is 28.5 Å². The zero-order chi connectivity index (χ0) is 33.4. The van der Waals surface area contributed by atoms with Gasteiger partial charge in [0, 0.05) is 29.1 Å². The summed E-state index contributed by atoms with van der Waals surface area (Å²) in [6.45, 7) is -0.680. The summed E-state index contributed by atoms with van der Waals surface area (Å²) in [7, 11) is -4.26. The van der Waals surface area contributed by atoms with Gasteiger partial charge in [0.05, 0.1) is 15.6 Å². The number of rotatable bonds is 12. The lowest BCUT2D eigenvalue weighted by molar-refractivity contribution is -0.140. The average molecular weight is 713 g/mol. The van der Waals surface area contributed by atoms with Crippen molar-refractivity contribution in [1.82, 2.24) is 10.2 Å². The molecule has 4 aromatic rings. The molecule has 2 amide bonds. The van der Waals surface area contributed by atoms with E-state index in [2.05, 4.69) is 5.32 Å². The molecular formula is C36H36Cl3N3O4S. The van der Waals surface area contributed by atoms with Crippen LogP contribution >= 0.6 is 34.8 Å². The van der Waals surface area contributed by atoms with Gasteiger partial charge in [0.25, 0.3) is 10.0 Å². The molecule has 0 saturated heterocycles. The summed E-state index contributed by atoms with van der Waals surface area (Å²) in [5.41, 5.74) is 1.54. The van der Waals surface area contributed by atoms with Crippen LogP contribution in [0.5, 0.6) is 0 Å². The third-order valence-electron chi connectivity index (χ3n) is 8.31. The number of sulfonamides is 1. The molecule has 0 heterocycles. The lowest BCUT2D eigenvalue weighted by Crippen LogP contribution is -2.55. The van der Waals surface area contributed by atoms with Crippen molar-refractivity contribution in [2.45, 2.75) is 62.0 Å². The fraction of sp³-hybridized carbons (Fsp3) is 0.278. The molecule has 47 heavy (non-hydrogen) atoms. The number of halogens is 3. The summed E-state index contributed by atoms with van der Waals surface area (Å²) in [5, 5.41) is 4.09. The topological polar surface area (TPSA) is 86.8 Å². The largest absolute Gasteiger partial charge is 0.352 e. The monoisotopic (exact) mass is 711 g/mol. The number of hydrogen-bond donors (Lipinski definition) is 1. The highest BCUT2D eigenvalue weighted by molar-refractivity contribution is 7.92. The molecule has 1 fully saturated rings. The van der Waals surface area contributed by atoms with Gasteiger partial charge in [-0.25, -0.2) is 8.42 Å². The quantitative estimate of drug-likeness (QED) is 0.162. The Balaban J connectivity index is 1.58. The van der Waals surface area contributed by atoms with Crippen molar-refractivity contribution >= 4 is 62.3 Å². The van der Waals surface area contributed by atoms with Gasteiger partial charge in [0.1, 0.15) is 12.6 Å². The third kappa shape index (κ3) is 8.87. The molecule has 4 aromatic carbocycles. The molecule has 1 atom stereocenters. The molecule has 0 bridgehead atoms. The number of carbonyl (C=O) groups is 2. The maximum atomic E-state index is 14.7. The zero-order valence-electron chi connectivity index (χ0n) is 25.7. The van der Waals surface area contributed by atoms with E-state index in [0.717, 1.165) is 42.0 Å². The molecule has 7 nitrogen and oxygen atoms in total. The lowest BCUT2D eigenvalue weighted by Gasteiger charge is -2.35. The summed E-state index contributed by atoms with van der Waals surface area (Å²) in [4.78, 5) is 30.3. The standard InChI is InChI=1S/C36H36Cl3N3O4S/c37-28-21-20-27(32(39)23-28)24-41(34(22-26-12-4-1-5-13-26)36(44)40-29-14-6-2-7-15-29)35(43)25-42(33-19-11-10-18-31(33)38)47(45,46)30-16-8-3-9-17-30/h1,3-5,8-13,16-21,23,29,34H,2,6-7,14-15,22,24-25H2,(H,40,44). The molecule has 0 aromatic heterocycles. The normalized spacial score (nSPS) is 14.3. The van der Waals surface area contributed by atoms with Crippen molar-refractivity contribution in [2.24, 2.45) is 0 Å². The van der Waals surface area contributed by atoms with Crippen LogP contribution in [-0.2, 0) is 32.6 Å². The molecule has 0 radical (unpaired) electrons. The van der Waals surface area contributed by atoms with E-state index in [0.29, 0.717) is 15.6 Å². The van der Waals surface area contributed by atoms with Crippen LogP contribution < -0.4 is 9.62 Å². The minimum Gasteiger partial charge on any atom is -0.352 e. The highest BCUT2D eigenvalue weighted by atomic mass is 35.5. The first-order valence-electron chi connectivity index (χ1n) is 15.5. The van der Waals surface area contributed by atoms with Gasteiger partial charge in [0.15, 0.2) is 0 Å². The Morgan fingerprint density at radius 1 is 0.787 bits per heavy atom. The number of para-hydroxylation sites is 1. The summed E-state index contributed by atoms with van der Waals surface area (Å²) in [5.74, 6) is -0.912. The van der Waals surface area contributed by atoms with Crippen molar-refractivity contribution in [1.29, 1.82) is 0 Å². The molecule has 0 spiro atoms. The number of anilines is 1. The van der Waals surface area contributed by atoms with Crippen LogP contribution in [0.3, 0.4) is 0 Å². The van der Waals surface area contributed by atoms with E-state index in [1.165, 1.54) is 17.0 Å². The third-order valence-corrected chi connectivity index (χ3v) is 11.0. The lowest BCUT2D eigenvalue weighted by atomic mass is 9.94. The smallest absolute Gasteiger partial charge is 0.264 e. The van der Waals surface area contributed by atoms with Crippen molar-refractivity contribution in [3.63, 3.8) is 0 Å². The van der Waals surface area contributed by atoms with Crippen LogP contribution in [-0.4, -0.2) is 43.8 Å². The van der Waals surface area contributed by atoms with Gasteiger partial charge in [-0.05, 0) is 60.4 Å². The molecule has 1 aliphatic rings. The molecule has 1 aliphatic carbocycles. The first kappa shape index (κ1) is 34.8. The molecule has 1 saturated carbocycles. The van der Waals surface area contributed by atoms with E-state index >= 15 is 0 Å². The van der Waals surface area contributed by atoms with Crippen LogP contribution in [0.1, 0.15) is 43.2 Å². The second-order valence-corrected chi connectivity index (χ2v) is 14.7. The predicted molar refractivity (Wildman–Crippen MR) is 188 cm³/mol. The van der Waals surface area contributed by atoms with E-state index in [4.69, 9.17) is 34.8 Å². The number of amides is 2. The van der Waals surface area contributed by atoms with Crippen LogP contribution in [0.15, 0.2) is 108 Å². The van der Waals surface area contributed by atoms with E-state index in [1.54, 1.807) is 60.7 Å². The summed E-state index contributed by atoms with van der Waals surface area (Å²) >= 11 is 19.3. The molecular weight excluding hydrogens is 677 g/mol. The van der Waals surface area contributed by atoms with E-state index in [1.807, 2.05) is 30.3 Å². The van der Waals surface area contributed by atoms with Gasteiger partial charge in [-0.3, -0.25) is 13.9 Å².